The van der Waals surface area contributed by atoms with Crippen LogP contribution in [0.4, 0.5) is 23.2 Å². The van der Waals surface area contributed by atoms with Crippen molar-refractivity contribution >= 4 is 5.69 Å². The molecule has 1 aliphatic rings. The summed E-state index contributed by atoms with van der Waals surface area (Å²) < 4.78 is 64.0. The summed E-state index contributed by atoms with van der Waals surface area (Å²) in [5.74, 6) is -0.393. The monoisotopic (exact) mass is 626 g/mol. The van der Waals surface area contributed by atoms with Gasteiger partial charge in [0.25, 0.3) is 5.56 Å². The molecule has 2 aromatic carbocycles. The number of alkyl halides is 3. The standard InChI is InChI=1S/C32H34F4N6O3/c1-21-29(40-15-13-39(14-16-40)18-23-17-38-12-11-28(23)45-2)30(43)42(20-27(37)22-7-4-3-5-8-22)31(44)41(21)19-24-25(32(34,35)36)9-6-10-26(24)33/h3-12,17,27H,13-16,18-20,37H2,1-2H3/t27-/m0/s1. The molecule has 5 rings (SSSR count). The van der Waals surface area contributed by atoms with Gasteiger partial charge in [-0.25, -0.2) is 9.18 Å². The van der Waals surface area contributed by atoms with E-state index in [0.29, 0.717) is 44.0 Å². The number of hydrogen-bond donors (Lipinski definition) is 1. The molecule has 238 valence electrons. The lowest BCUT2D eigenvalue weighted by atomic mass is 10.1. The molecule has 0 bridgehead atoms. The second-order valence-electron chi connectivity index (χ2n) is 11.0. The van der Waals surface area contributed by atoms with Gasteiger partial charge in [0.15, 0.2) is 0 Å². The van der Waals surface area contributed by atoms with Crippen molar-refractivity contribution in [2.75, 3.05) is 38.2 Å². The van der Waals surface area contributed by atoms with Crippen LogP contribution < -0.4 is 26.6 Å². The third-order valence-corrected chi connectivity index (χ3v) is 8.17. The number of pyridine rings is 1. The van der Waals surface area contributed by atoms with Crippen LogP contribution in [0.15, 0.2) is 76.6 Å². The third kappa shape index (κ3) is 6.79. The van der Waals surface area contributed by atoms with E-state index in [1.165, 1.54) is 6.92 Å². The van der Waals surface area contributed by atoms with Gasteiger partial charge in [-0.2, -0.15) is 13.2 Å². The van der Waals surface area contributed by atoms with Crippen LogP contribution in [0.3, 0.4) is 0 Å². The maximum atomic E-state index is 14.9. The number of rotatable bonds is 9. The smallest absolute Gasteiger partial charge is 0.416 e. The highest BCUT2D eigenvalue weighted by molar-refractivity contribution is 5.50. The molecular weight excluding hydrogens is 592 g/mol. The van der Waals surface area contributed by atoms with E-state index in [9.17, 15) is 27.2 Å². The predicted molar refractivity (Wildman–Crippen MR) is 162 cm³/mol. The van der Waals surface area contributed by atoms with Crippen molar-refractivity contribution in [1.29, 1.82) is 0 Å². The molecule has 13 heteroatoms. The summed E-state index contributed by atoms with van der Waals surface area (Å²) >= 11 is 0. The van der Waals surface area contributed by atoms with Gasteiger partial charge in [0.2, 0.25) is 0 Å². The van der Waals surface area contributed by atoms with Gasteiger partial charge < -0.3 is 15.4 Å². The molecule has 0 spiro atoms. The molecule has 0 radical (unpaired) electrons. The van der Waals surface area contributed by atoms with E-state index < -0.39 is 47.0 Å². The summed E-state index contributed by atoms with van der Waals surface area (Å²) in [6.07, 6.45) is -1.47. The van der Waals surface area contributed by atoms with Crippen molar-refractivity contribution in [3.8, 4) is 5.75 Å². The first kappa shape index (κ1) is 31.9. The molecule has 2 aromatic heterocycles. The van der Waals surface area contributed by atoms with E-state index >= 15 is 0 Å². The second kappa shape index (κ2) is 13.2. The Bertz CT molecular complexity index is 1770. The SMILES string of the molecule is COc1ccncc1CN1CCN(c2c(C)n(Cc3c(F)cccc3C(F)(F)F)c(=O)n(C[C@H](N)c3ccccc3)c2=O)CC1. The molecule has 1 atom stereocenters. The molecule has 1 fully saturated rings. The van der Waals surface area contributed by atoms with Crippen molar-refractivity contribution < 1.29 is 22.3 Å². The summed E-state index contributed by atoms with van der Waals surface area (Å²) in [5.41, 5.74) is 4.94. The highest BCUT2D eigenvalue weighted by atomic mass is 19.4. The van der Waals surface area contributed by atoms with Crippen molar-refractivity contribution in [2.24, 2.45) is 5.73 Å². The fraction of sp³-hybridized carbons (Fsp3) is 0.344. The molecule has 0 saturated carbocycles. The number of methoxy groups -OCH3 is 1. The largest absolute Gasteiger partial charge is 0.496 e. The van der Waals surface area contributed by atoms with E-state index in [0.717, 1.165) is 32.9 Å². The minimum atomic E-state index is -4.85. The van der Waals surface area contributed by atoms with E-state index in [-0.39, 0.29) is 17.9 Å². The van der Waals surface area contributed by atoms with Crippen LogP contribution in [0.2, 0.25) is 0 Å². The number of hydrogen-bond acceptors (Lipinski definition) is 7. The van der Waals surface area contributed by atoms with Crippen LogP contribution in [0.1, 0.15) is 34.0 Å². The zero-order valence-electron chi connectivity index (χ0n) is 24.9. The summed E-state index contributed by atoms with van der Waals surface area (Å²) in [6.45, 7) is 3.01. The average Bonchev–Trinajstić information content (AvgIpc) is 3.03. The Morgan fingerprint density at radius 2 is 1.67 bits per heavy atom. The van der Waals surface area contributed by atoms with Gasteiger partial charge in [0.1, 0.15) is 17.3 Å². The lowest BCUT2D eigenvalue weighted by molar-refractivity contribution is -0.138. The van der Waals surface area contributed by atoms with E-state index in [1.54, 1.807) is 55.9 Å². The number of nitrogens with zero attached hydrogens (tertiary/aromatic N) is 5. The van der Waals surface area contributed by atoms with Gasteiger partial charge in [-0.3, -0.25) is 23.8 Å². The number of halogens is 4. The average molecular weight is 627 g/mol. The first-order valence-corrected chi connectivity index (χ1v) is 14.4. The lowest BCUT2D eigenvalue weighted by Crippen LogP contribution is -2.51. The van der Waals surface area contributed by atoms with Crippen molar-refractivity contribution in [1.82, 2.24) is 19.0 Å². The molecule has 0 amide bonds. The zero-order valence-corrected chi connectivity index (χ0v) is 24.9. The van der Waals surface area contributed by atoms with Crippen LogP contribution in [-0.4, -0.2) is 52.3 Å². The summed E-state index contributed by atoms with van der Waals surface area (Å²) in [6, 6.07) is 12.6. The minimum absolute atomic E-state index is 0.147. The quantitative estimate of drug-likeness (QED) is 0.281. The fourth-order valence-electron chi connectivity index (χ4n) is 5.75. The van der Waals surface area contributed by atoms with Gasteiger partial charge in [-0.15, -0.1) is 0 Å². The number of ether oxygens (including phenoxy) is 1. The molecule has 9 nitrogen and oxygen atoms in total. The van der Waals surface area contributed by atoms with Gasteiger partial charge >= 0.3 is 11.9 Å². The Kier molecular flexibility index (Phi) is 9.40. The summed E-state index contributed by atoms with van der Waals surface area (Å²) in [5, 5.41) is 0. The molecule has 45 heavy (non-hydrogen) atoms. The third-order valence-electron chi connectivity index (χ3n) is 8.17. The molecule has 3 heterocycles. The van der Waals surface area contributed by atoms with Crippen molar-refractivity contribution in [3.63, 3.8) is 0 Å². The molecule has 1 saturated heterocycles. The van der Waals surface area contributed by atoms with Gasteiger partial charge in [-0.1, -0.05) is 36.4 Å². The molecular formula is C32H34F4N6O3. The Hall–Kier alpha value is -4.49. The molecule has 2 N–H and O–H groups in total. The number of aromatic nitrogens is 3. The van der Waals surface area contributed by atoms with Crippen molar-refractivity contribution in [2.45, 2.75) is 38.8 Å². The number of nitrogens with two attached hydrogens (primary N) is 1. The highest BCUT2D eigenvalue weighted by Crippen LogP contribution is 2.33. The van der Waals surface area contributed by atoms with E-state index in [2.05, 4.69) is 9.88 Å². The lowest BCUT2D eigenvalue weighted by Gasteiger charge is -2.37. The molecule has 4 aromatic rings. The topological polar surface area (TPSA) is 98.6 Å². The first-order chi connectivity index (χ1) is 21.5. The van der Waals surface area contributed by atoms with Gasteiger partial charge in [0.05, 0.1) is 25.8 Å². The predicted octanol–water partition coefficient (Wildman–Crippen LogP) is 3.95. The summed E-state index contributed by atoms with van der Waals surface area (Å²) in [4.78, 5) is 36.0. The highest BCUT2D eigenvalue weighted by Gasteiger charge is 2.35. The Morgan fingerprint density at radius 3 is 2.33 bits per heavy atom. The second-order valence-corrected chi connectivity index (χ2v) is 11.0. The fourth-order valence-corrected chi connectivity index (χ4v) is 5.75. The molecule has 0 aliphatic carbocycles. The number of anilines is 1. The van der Waals surface area contributed by atoms with Crippen LogP contribution in [0.5, 0.6) is 5.75 Å². The maximum absolute atomic E-state index is 14.9. The maximum Gasteiger partial charge on any atom is 0.416 e. The number of benzene rings is 2. The zero-order chi connectivity index (χ0) is 32.3. The van der Waals surface area contributed by atoms with Crippen LogP contribution in [0, 0.1) is 12.7 Å². The Morgan fingerprint density at radius 1 is 0.956 bits per heavy atom. The van der Waals surface area contributed by atoms with Crippen LogP contribution >= 0.6 is 0 Å². The minimum Gasteiger partial charge on any atom is -0.496 e. The normalized spacial score (nSPS) is 14.9. The molecule has 0 unspecified atom stereocenters. The first-order valence-electron chi connectivity index (χ1n) is 14.4. The Balaban J connectivity index is 1.53. The van der Waals surface area contributed by atoms with E-state index in [4.69, 9.17) is 10.5 Å². The Labute approximate surface area is 257 Å². The van der Waals surface area contributed by atoms with E-state index in [1.807, 2.05) is 4.90 Å². The van der Waals surface area contributed by atoms with Crippen LogP contribution in [0.25, 0.3) is 0 Å². The molecule has 1 aliphatic heterocycles. The van der Waals surface area contributed by atoms with Crippen LogP contribution in [-0.2, 0) is 25.8 Å². The van der Waals surface area contributed by atoms with Crippen molar-refractivity contribution in [3.05, 3.63) is 122 Å². The van der Waals surface area contributed by atoms with Gasteiger partial charge in [0, 0.05) is 68.0 Å². The van der Waals surface area contributed by atoms with Gasteiger partial charge in [-0.05, 0) is 30.7 Å². The number of piperazine rings is 1. The summed E-state index contributed by atoms with van der Waals surface area (Å²) in [7, 11) is 1.59.